The molecule has 0 amide bonds. The lowest BCUT2D eigenvalue weighted by molar-refractivity contribution is -0.133. The predicted octanol–water partition coefficient (Wildman–Crippen LogP) is 7.09. The van der Waals surface area contributed by atoms with Gasteiger partial charge in [0.15, 0.2) is 0 Å². The van der Waals surface area contributed by atoms with E-state index < -0.39 is 17.9 Å². The molecule has 6 N–H and O–H groups in total. The van der Waals surface area contributed by atoms with Gasteiger partial charge < -0.3 is 29.8 Å². The molecule has 0 spiro atoms. The van der Waals surface area contributed by atoms with E-state index in [-0.39, 0.29) is 16.7 Å². The Hall–Kier alpha value is -2.61. The van der Waals surface area contributed by atoms with Gasteiger partial charge in [0.25, 0.3) is 0 Å². The number of carbonyl (C=O) groups is 3. The van der Waals surface area contributed by atoms with Crippen LogP contribution in [0.1, 0.15) is 120 Å². The highest BCUT2D eigenvalue weighted by atomic mass is 16.6. The first-order chi connectivity index (χ1) is 21.2. The van der Waals surface area contributed by atoms with Crippen LogP contribution in [0.3, 0.4) is 0 Å². The summed E-state index contributed by atoms with van der Waals surface area (Å²) in [6.45, 7) is 31.7. The minimum atomic E-state index is -0.935. The first-order valence-corrected chi connectivity index (χ1v) is 15.9. The number of nitrogens with one attached hydrogen (secondary N) is 3. The molecule has 0 saturated heterocycles. The van der Waals surface area contributed by atoms with Gasteiger partial charge in [-0.3, -0.25) is 0 Å². The van der Waals surface area contributed by atoms with Crippen molar-refractivity contribution in [2.75, 3.05) is 39.5 Å². The normalized spacial score (nSPS) is 9.00. The third-order valence-electron chi connectivity index (χ3n) is 4.38. The molecule has 12 heteroatoms. The number of hydrogen-bond donors (Lipinski definition) is 6. The molecule has 0 aliphatic carbocycles. The Labute approximate surface area is 274 Å². The molecule has 12 nitrogen and oxygen atoms in total. The highest BCUT2D eigenvalue weighted by Gasteiger charge is 1.91. The molecule has 0 heterocycles. The molecule has 0 radical (unpaired) electrons. The summed E-state index contributed by atoms with van der Waals surface area (Å²) in [5, 5.41) is 23.7. The Morgan fingerprint density at radius 3 is 0.756 bits per heavy atom. The van der Waals surface area contributed by atoms with E-state index in [2.05, 4.69) is 56.9 Å². The van der Waals surface area contributed by atoms with Gasteiger partial charge >= 0.3 is 17.9 Å². The Morgan fingerprint density at radius 2 is 0.644 bits per heavy atom. The fraction of sp³-hybridized carbons (Fsp3) is 0.727. The maximum absolute atomic E-state index is 9.60. The Morgan fingerprint density at radius 1 is 0.467 bits per heavy atom. The van der Waals surface area contributed by atoms with E-state index in [1.165, 1.54) is 78.6 Å². The van der Waals surface area contributed by atoms with Crippen LogP contribution in [0.4, 0.5) is 0 Å². The summed E-state index contributed by atoms with van der Waals surface area (Å²) in [5.74, 6) is -2.81. The number of unbranched alkanes of at least 4 members (excludes halogenated alkanes) is 6. The second kappa shape index (κ2) is 51.0. The average molecular weight is 652 g/mol. The molecule has 0 rings (SSSR count). The van der Waals surface area contributed by atoms with Gasteiger partial charge in [-0.2, -0.15) is 0 Å². The average Bonchev–Trinajstić information content (AvgIpc) is 2.98. The van der Waals surface area contributed by atoms with Crippen molar-refractivity contribution in [2.24, 2.45) is 0 Å². The first kappa shape index (κ1) is 54.8. The lowest BCUT2D eigenvalue weighted by Crippen LogP contribution is -2.13. The van der Waals surface area contributed by atoms with E-state index in [0.29, 0.717) is 0 Å². The van der Waals surface area contributed by atoms with Gasteiger partial charge in [-0.1, -0.05) is 99.8 Å². The van der Waals surface area contributed by atoms with Crippen molar-refractivity contribution >= 4 is 17.9 Å². The van der Waals surface area contributed by atoms with Crippen LogP contribution in [0, 0.1) is 0 Å². The number of aliphatic carboxylic acids is 3. The van der Waals surface area contributed by atoms with Crippen molar-refractivity contribution in [3.05, 3.63) is 36.5 Å². The SMILES string of the molecule is C=C(C)C(=O)O.C=C(C)C(=O)O.C=C(C)C(=O)O.CCCCCONCC.CCCCCONCC.CCCCCONCC. The number of carboxylic acid groups (broad SMARTS) is 3. The number of carboxylic acids is 3. The van der Waals surface area contributed by atoms with Gasteiger partial charge in [0.1, 0.15) is 0 Å². The molecule has 0 atom stereocenters. The minimum absolute atomic E-state index is 0.176. The predicted molar refractivity (Wildman–Crippen MR) is 185 cm³/mol. The third-order valence-corrected chi connectivity index (χ3v) is 4.38. The van der Waals surface area contributed by atoms with Crippen LogP contribution in [0.15, 0.2) is 36.5 Å². The lowest BCUT2D eigenvalue weighted by atomic mass is 10.3. The maximum Gasteiger partial charge on any atom is 0.330 e. The van der Waals surface area contributed by atoms with E-state index in [4.69, 9.17) is 29.8 Å². The highest BCUT2D eigenvalue weighted by Crippen LogP contribution is 1.93. The monoisotopic (exact) mass is 652 g/mol. The Balaban J connectivity index is -0.000000102. The zero-order valence-corrected chi connectivity index (χ0v) is 30.0. The smallest absolute Gasteiger partial charge is 0.330 e. The molecule has 0 aliphatic rings. The summed E-state index contributed by atoms with van der Waals surface area (Å²) in [6.07, 6.45) is 11.1. The van der Waals surface area contributed by atoms with Crippen molar-refractivity contribution in [2.45, 2.75) is 120 Å². The standard InChI is InChI=1S/3C7H17NO.3C4H6O2/c3*1-3-5-6-7-9-8-4-2;3*1-3(2)4(5)6/h3*8H,3-7H2,1-2H3;3*1H2,2H3,(H,5,6). The fourth-order valence-electron chi connectivity index (χ4n) is 1.80. The molecule has 0 aromatic carbocycles. The Kier molecular flexibility index (Phi) is 62.1. The van der Waals surface area contributed by atoms with E-state index >= 15 is 0 Å². The molecule has 270 valence electrons. The third kappa shape index (κ3) is 85.6. The van der Waals surface area contributed by atoms with Gasteiger partial charge in [0.2, 0.25) is 0 Å². The molecule has 0 saturated carbocycles. The second-order valence-electron chi connectivity index (χ2n) is 9.42. The van der Waals surface area contributed by atoms with Gasteiger partial charge in [-0.25, -0.2) is 30.8 Å². The number of hydrogen-bond acceptors (Lipinski definition) is 9. The largest absolute Gasteiger partial charge is 0.478 e. The van der Waals surface area contributed by atoms with E-state index in [1.807, 2.05) is 20.8 Å². The van der Waals surface area contributed by atoms with Gasteiger partial charge in [-0.15, -0.1) is 0 Å². The summed E-state index contributed by atoms with van der Waals surface area (Å²) in [5.41, 5.74) is 8.95. The van der Waals surface area contributed by atoms with Crippen molar-refractivity contribution in [1.29, 1.82) is 0 Å². The fourth-order valence-corrected chi connectivity index (χ4v) is 1.80. The molecule has 0 unspecified atom stereocenters. The summed E-state index contributed by atoms with van der Waals surface area (Å²) in [6, 6.07) is 0. The van der Waals surface area contributed by atoms with Crippen LogP contribution in [0.5, 0.6) is 0 Å². The van der Waals surface area contributed by atoms with Gasteiger partial charge in [0, 0.05) is 36.4 Å². The van der Waals surface area contributed by atoms with Crippen molar-refractivity contribution in [1.82, 2.24) is 16.4 Å². The highest BCUT2D eigenvalue weighted by molar-refractivity contribution is 5.85. The first-order valence-electron chi connectivity index (χ1n) is 15.9. The quantitative estimate of drug-likeness (QED) is 0.0422. The van der Waals surface area contributed by atoms with Crippen LogP contribution in [0.25, 0.3) is 0 Å². The Bertz CT molecular complexity index is 544. The van der Waals surface area contributed by atoms with Crippen LogP contribution in [0.2, 0.25) is 0 Å². The summed E-state index contributed by atoms with van der Waals surface area (Å²) in [4.78, 5) is 43.9. The molecular formula is C33H69N3O9. The zero-order valence-electron chi connectivity index (χ0n) is 30.0. The van der Waals surface area contributed by atoms with E-state index in [0.717, 1.165) is 39.5 Å². The molecular weight excluding hydrogens is 582 g/mol. The van der Waals surface area contributed by atoms with Crippen molar-refractivity contribution < 1.29 is 44.2 Å². The van der Waals surface area contributed by atoms with E-state index in [1.54, 1.807) is 0 Å². The van der Waals surface area contributed by atoms with Crippen molar-refractivity contribution in [3.8, 4) is 0 Å². The van der Waals surface area contributed by atoms with Crippen molar-refractivity contribution in [3.63, 3.8) is 0 Å². The molecule has 45 heavy (non-hydrogen) atoms. The van der Waals surface area contributed by atoms with Crippen LogP contribution in [-0.4, -0.2) is 72.7 Å². The molecule has 0 aliphatic heterocycles. The lowest BCUT2D eigenvalue weighted by Gasteiger charge is -2.00. The van der Waals surface area contributed by atoms with Gasteiger partial charge in [-0.05, 0) is 40.0 Å². The summed E-state index contributed by atoms with van der Waals surface area (Å²) in [7, 11) is 0. The molecule has 0 fully saturated rings. The zero-order chi connectivity index (χ0) is 36.3. The maximum atomic E-state index is 9.60. The molecule has 0 aromatic heterocycles. The number of hydroxylamine groups is 3. The minimum Gasteiger partial charge on any atom is -0.478 e. The number of rotatable bonds is 21. The van der Waals surface area contributed by atoms with E-state index in [9.17, 15) is 14.4 Å². The molecule has 0 bridgehead atoms. The van der Waals surface area contributed by atoms with Crippen LogP contribution in [-0.2, 0) is 28.9 Å². The topological polar surface area (TPSA) is 176 Å². The van der Waals surface area contributed by atoms with Crippen LogP contribution < -0.4 is 16.4 Å². The summed E-state index contributed by atoms with van der Waals surface area (Å²) >= 11 is 0. The molecule has 0 aromatic rings. The van der Waals surface area contributed by atoms with Gasteiger partial charge in [0.05, 0.1) is 19.8 Å². The van der Waals surface area contributed by atoms with Crippen LogP contribution >= 0.6 is 0 Å². The second-order valence-corrected chi connectivity index (χ2v) is 9.42. The summed E-state index contributed by atoms with van der Waals surface area (Å²) < 4.78 is 0.